The molecule has 1 aliphatic carbocycles. The van der Waals surface area contributed by atoms with E-state index in [0.29, 0.717) is 16.4 Å². The summed E-state index contributed by atoms with van der Waals surface area (Å²) in [7, 11) is 0. The molecule has 8 heteroatoms. The molecule has 1 aromatic carbocycles. The van der Waals surface area contributed by atoms with E-state index in [1.807, 2.05) is 22.6 Å². The first-order valence-electron chi connectivity index (χ1n) is 6.94. The van der Waals surface area contributed by atoms with Gasteiger partial charge in [0.25, 0.3) is 0 Å². The van der Waals surface area contributed by atoms with Gasteiger partial charge in [-0.3, -0.25) is 0 Å². The maximum Gasteiger partial charge on any atom is 0.441 e. The SMILES string of the molecule is CC1(OC(=O)c2cc(I)ccc2OC(F)(F)C(=O)[O-])CCCC1. The first-order valence-corrected chi connectivity index (χ1v) is 8.02. The Morgan fingerprint density at radius 2 is 1.91 bits per heavy atom. The number of alkyl halides is 2. The lowest BCUT2D eigenvalue weighted by atomic mass is 10.1. The van der Waals surface area contributed by atoms with Crippen molar-refractivity contribution in [2.24, 2.45) is 0 Å². The molecule has 2 rings (SSSR count). The molecular weight excluding hydrogens is 425 g/mol. The van der Waals surface area contributed by atoms with Crippen LogP contribution in [0.3, 0.4) is 0 Å². The van der Waals surface area contributed by atoms with Crippen LogP contribution in [0, 0.1) is 3.57 Å². The molecule has 0 radical (unpaired) electrons. The highest BCUT2D eigenvalue weighted by Crippen LogP contribution is 2.35. The monoisotopic (exact) mass is 439 g/mol. The second-order valence-corrected chi connectivity index (χ2v) is 6.84. The van der Waals surface area contributed by atoms with Gasteiger partial charge in [0.05, 0.1) is 0 Å². The fourth-order valence-corrected chi connectivity index (χ4v) is 2.93. The molecule has 1 aliphatic rings. The van der Waals surface area contributed by atoms with Crippen molar-refractivity contribution in [3.8, 4) is 5.75 Å². The Kier molecular flexibility index (Phi) is 5.12. The van der Waals surface area contributed by atoms with Crippen LogP contribution in [0.4, 0.5) is 8.78 Å². The molecule has 0 N–H and O–H groups in total. The average Bonchev–Trinajstić information content (AvgIpc) is 2.86. The van der Waals surface area contributed by atoms with E-state index in [1.54, 1.807) is 6.92 Å². The predicted molar refractivity (Wildman–Crippen MR) is 82.0 cm³/mol. The van der Waals surface area contributed by atoms with Crippen LogP contribution >= 0.6 is 22.6 Å². The summed E-state index contributed by atoms with van der Waals surface area (Å²) < 4.78 is 36.6. The topological polar surface area (TPSA) is 75.7 Å². The summed E-state index contributed by atoms with van der Waals surface area (Å²) in [6.45, 7) is 1.78. The van der Waals surface area contributed by atoms with Gasteiger partial charge in [-0.1, -0.05) is 0 Å². The number of carboxylic acids is 1. The first kappa shape index (κ1) is 17.9. The summed E-state index contributed by atoms with van der Waals surface area (Å²) >= 11 is 1.89. The zero-order valence-corrected chi connectivity index (χ0v) is 14.4. The molecule has 126 valence electrons. The number of hydrogen-bond donors (Lipinski definition) is 0. The van der Waals surface area contributed by atoms with Crippen LogP contribution in [-0.2, 0) is 9.53 Å². The van der Waals surface area contributed by atoms with Gasteiger partial charge in [-0.15, -0.1) is 0 Å². The van der Waals surface area contributed by atoms with Gasteiger partial charge in [0.2, 0.25) is 0 Å². The predicted octanol–water partition coefficient (Wildman–Crippen LogP) is 2.50. The zero-order valence-electron chi connectivity index (χ0n) is 12.2. The van der Waals surface area contributed by atoms with Gasteiger partial charge in [-0.25, -0.2) is 4.79 Å². The summed E-state index contributed by atoms with van der Waals surface area (Å²) in [6, 6.07) is 3.82. The van der Waals surface area contributed by atoms with Gasteiger partial charge in [-0.2, -0.15) is 8.78 Å². The summed E-state index contributed by atoms with van der Waals surface area (Å²) in [5.41, 5.74) is -0.891. The van der Waals surface area contributed by atoms with E-state index >= 15 is 0 Å². The third kappa shape index (κ3) is 4.30. The number of benzene rings is 1. The minimum Gasteiger partial charge on any atom is -0.541 e. The Hall–Kier alpha value is -1.45. The lowest BCUT2D eigenvalue weighted by Gasteiger charge is -2.25. The second-order valence-electron chi connectivity index (χ2n) is 5.59. The number of ether oxygens (including phenoxy) is 2. The van der Waals surface area contributed by atoms with Crippen molar-refractivity contribution in [2.75, 3.05) is 0 Å². The van der Waals surface area contributed by atoms with E-state index in [0.717, 1.165) is 18.9 Å². The van der Waals surface area contributed by atoms with Gasteiger partial charge in [0.1, 0.15) is 16.9 Å². The van der Waals surface area contributed by atoms with Gasteiger partial charge in [-0.05, 0) is 73.4 Å². The Balaban J connectivity index is 2.28. The van der Waals surface area contributed by atoms with Crippen molar-refractivity contribution in [3.63, 3.8) is 0 Å². The van der Waals surface area contributed by atoms with Crippen LogP contribution in [-0.4, -0.2) is 23.6 Å². The van der Waals surface area contributed by atoms with E-state index < -0.39 is 29.4 Å². The molecule has 0 bridgehead atoms. The number of carbonyl (C=O) groups excluding carboxylic acids is 2. The number of rotatable bonds is 5. The maximum atomic E-state index is 13.2. The van der Waals surface area contributed by atoms with Crippen LogP contribution in [0.2, 0.25) is 0 Å². The molecule has 0 heterocycles. The third-order valence-corrected chi connectivity index (χ3v) is 4.31. The summed E-state index contributed by atoms with van der Waals surface area (Å²) in [6.07, 6.45) is -1.33. The zero-order chi connectivity index (χ0) is 17.3. The fourth-order valence-electron chi connectivity index (χ4n) is 2.43. The van der Waals surface area contributed by atoms with Crippen molar-refractivity contribution < 1.29 is 33.0 Å². The highest BCUT2D eigenvalue weighted by atomic mass is 127. The highest BCUT2D eigenvalue weighted by molar-refractivity contribution is 14.1. The van der Waals surface area contributed by atoms with Crippen LogP contribution in [0.15, 0.2) is 18.2 Å². The lowest BCUT2D eigenvalue weighted by molar-refractivity contribution is -0.350. The summed E-state index contributed by atoms with van der Waals surface area (Å²) in [5, 5.41) is 10.4. The molecule has 0 aliphatic heterocycles. The maximum absolute atomic E-state index is 13.2. The number of hydrogen-bond acceptors (Lipinski definition) is 5. The van der Waals surface area contributed by atoms with Crippen molar-refractivity contribution >= 4 is 34.5 Å². The van der Waals surface area contributed by atoms with Crippen molar-refractivity contribution in [1.29, 1.82) is 0 Å². The highest BCUT2D eigenvalue weighted by Gasteiger charge is 2.37. The van der Waals surface area contributed by atoms with Crippen LogP contribution in [0.1, 0.15) is 43.0 Å². The quantitative estimate of drug-likeness (QED) is 0.521. The molecule has 5 nitrogen and oxygen atoms in total. The van der Waals surface area contributed by atoms with Gasteiger partial charge < -0.3 is 19.4 Å². The molecular formula is C15H14F2IO5-. The summed E-state index contributed by atoms with van der Waals surface area (Å²) in [4.78, 5) is 22.7. The number of carboxylic acid groups (broad SMARTS) is 1. The van der Waals surface area contributed by atoms with Crippen molar-refractivity contribution in [2.45, 2.75) is 44.3 Å². The number of esters is 1. The molecule has 1 saturated carbocycles. The van der Waals surface area contributed by atoms with E-state index in [1.165, 1.54) is 12.1 Å². The minimum absolute atomic E-state index is 0.244. The van der Waals surface area contributed by atoms with E-state index in [4.69, 9.17) is 4.74 Å². The minimum atomic E-state index is -4.54. The Morgan fingerprint density at radius 1 is 1.30 bits per heavy atom. The standard InChI is InChI=1S/C15H15F2IO5/c1-14(6-2-3-7-14)23-12(19)10-8-9(18)4-5-11(10)22-15(16,17)13(20)21/h4-5,8H,2-3,6-7H2,1H3,(H,20,21)/p-1. The lowest BCUT2D eigenvalue weighted by Crippen LogP contribution is -2.46. The largest absolute Gasteiger partial charge is 0.541 e. The number of aliphatic carboxylic acids is 1. The van der Waals surface area contributed by atoms with Crippen LogP contribution in [0.5, 0.6) is 5.75 Å². The molecule has 0 amide bonds. The third-order valence-electron chi connectivity index (χ3n) is 3.64. The number of carbonyl (C=O) groups is 2. The van der Waals surface area contributed by atoms with Crippen LogP contribution in [0.25, 0.3) is 0 Å². The first-order chi connectivity index (χ1) is 10.6. The molecule has 23 heavy (non-hydrogen) atoms. The van der Waals surface area contributed by atoms with Gasteiger partial charge in [0, 0.05) is 3.57 Å². The smallest absolute Gasteiger partial charge is 0.441 e. The molecule has 0 aromatic heterocycles. The van der Waals surface area contributed by atoms with E-state index in [-0.39, 0.29) is 5.56 Å². The normalized spacial score (nSPS) is 16.9. The molecule has 1 fully saturated rings. The average molecular weight is 439 g/mol. The van der Waals surface area contributed by atoms with Crippen molar-refractivity contribution in [3.05, 3.63) is 27.3 Å². The molecule has 0 unspecified atom stereocenters. The van der Waals surface area contributed by atoms with Crippen molar-refractivity contribution in [1.82, 2.24) is 0 Å². The van der Waals surface area contributed by atoms with Gasteiger partial charge >= 0.3 is 12.1 Å². The van der Waals surface area contributed by atoms with Crippen LogP contribution < -0.4 is 9.84 Å². The van der Waals surface area contributed by atoms with E-state index in [9.17, 15) is 23.5 Å². The summed E-state index contributed by atoms with van der Waals surface area (Å²) in [5.74, 6) is -4.07. The number of halogens is 3. The Morgan fingerprint density at radius 3 is 2.48 bits per heavy atom. The molecule has 1 aromatic rings. The molecule has 0 atom stereocenters. The van der Waals surface area contributed by atoms with Gasteiger partial charge in [0.15, 0.2) is 5.97 Å². The molecule has 0 saturated heterocycles. The Bertz CT molecular complexity index is 626. The second kappa shape index (κ2) is 6.58. The Labute approximate surface area is 145 Å². The fraction of sp³-hybridized carbons (Fsp3) is 0.467. The molecule has 0 spiro atoms. The van der Waals surface area contributed by atoms with E-state index in [2.05, 4.69) is 4.74 Å².